The molecular weight excluding hydrogens is 156 g/mol. The molecule has 0 saturated heterocycles. The number of carboxylic acid groups (broad SMARTS) is 1. The van der Waals surface area contributed by atoms with Gasteiger partial charge in [-0.15, -0.1) is 0 Å². The van der Waals surface area contributed by atoms with Crippen LogP contribution in [0.1, 0.15) is 26.7 Å². The molecule has 0 aliphatic heterocycles. The smallest absolute Gasteiger partial charge is 0.303 e. The highest BCUT2D eigenvalue weighted by atomic mass is 16.4. The van der Waals surface area contributed by atoms with Crippen LogP contribution in [0.5, 0.6) is 0 Å². The summed E-state index contributed by atoms with van der Waals surface area (Å²) in [4.78, 5) is 20.9. The highest BCUT2D eigenvalue weighted by molar-refractivity contribution is 5.68. The molecule has 0 heterocycles. The Morgan fingerprint density at radius 1 is 1.67 bits per heavy atom. The molecule has 1 rings (SSSR count). The van der Waals surface area contributed by atoms with Gasteiger partial charge in [-0.25, -0.2) is 0 Å². The summed E-state index contributed by atoms with van der Waals surface area (Å²) in [5.41, 5.74) is -0.111. The second kappa shape index (κ2) is 2.88. The average Bonchev–Trinajstić information content (AvgIpc) is 1.96. The van der Waals surface area contributed by atoms with Gasteiger partial charge < -0.3 is 9.90 Å². The first-order chi connectivity index (χ1) is 5.48. The van der Waals surface area contributed by atoms with Crippen LogP contribution in [0.3, 0.4) is 0 Å². The predicted octanol–water partition coefficient (Wildman–Crippen LogP) is 1.32. The molecule has 1 aliphatic carbocycles. The number of aldehydes is 1. The quantitative estimate of drug-likeness (QED) is 0.650. The molecule has 2 unspecified atom stereocenters. The van der Waals surface area contributed by atoms with Crippen LogP contribution in [0.25, 0.3) is 0 Å². The van der Waals surface area contributed by atoms with Crippen molar-refractivity contribution in [3.63, 3.8) is 0 Å². The first-order valence-corrected chi connectivity index (χ1v) is 4.15. The minimum Gasteiger partial charge on any atom is -0.481 e. The van der Waals surface area contributed by atoms with Crippen molar-refractivity contribution in [3.05, 3.63) is 0 Å². The molecule has 1 N–H and O–H groups in total. The number of hydrogen-bond donors (Lipinski definition) is 1. The van der Waals surface area contributed by atoms with Crippen molar-refractivity contribution in [1.29, 1.82) is 0 Å². The lowest BCUT2D eigenvalue weighted by atomic mass is 9.54. The van der Waals surface area contributed by atoms with E-state index in [-0.39, 0.29) is 23.7 Å². The highest BCUT2D eigenvalue weighted by Crippen LogP contribution is 2.51. The molecule has 1 fully saturated rings. The molecule has 0 spiro atoms. The largest absolute Gasteiger partial charge is 0.481 e. The molecule has 0 aromatic heterocycles. The molecule has 0 bridgehead atoms. The van der Waals surface area contributed by atoms with E-state index in [1.807, 2.05) is 13.8 Å². The fourth-order valence-corrected chi connectivity index (χ4v) is 1.84. The van der Waals surface area contributed by atoms with Gasteiger partial charge in [0.1, 0.15) is 6.29 Å². The van der Waals surface area contributed by atoms with Crippen molar-refractivity contribution in [1.82, 2.24) is 0 Å². The monoisotopic (exact) mass is 170 g/mol. The zero-order valence-electron chi connectivity index (χ0n) is 7.41. The van der Waals surface area contributed by atoms with E-state index in [4.69, 9.17) is 5.11 Å². The molecule has 3 nitrogen and oxygen atoms in total. The number of carbonyl (C=O) groups excluding carboxylic acids is 1. The fourth-order valence-electron chi connectivity index (χ4n) is 1.84. The zero-order chi connectivity index (χ0) is 9.35. The van der Waals surface area contributed by atoms with Crippen molar-refractivity contribution >= 4 is 12.3 Å². The molecule has 68 valence electrons. The summed E-state index contributed by atoms with van der Waals surface area (Å²) in [5, 5.41) is 8.55. The van der Waals surface area contributed by atoms with Crippen LogP contribution >= 0.6 is 0 Å². The maximum Gasteiger partial charge on any atom is 0.303 e. The molecule has 12 heavy (non-hydrogen) atoms. The molecule has 0 aromatic rings. The second-order valence-electron chi connectivity index (χ2n) is 4.09. The van der Waals surface area contributed by atoms with Crippen LogP contribution in [0.15, 0.2) is 0 Å². The summed E-state index contributed by atoms with van der Waals surface area (Å²) < 4.78 is 0. The first kappa shape index (κ1) is 9.23. The Balaban J connectivity index is 2.53. The maximum atomic E-state index is 10.5. The molecule has 2 atom stereocenters. The topological polar surface area (TPSA) is 54.4 Å². The predicted molar refractivity (Wildman–Crippen MR) is 43.7 cm³/mol. The van der Waals surface area contributed by atoms with Gasteiger partial charge in [-0.1, -0.05) is 13.8 Å². The van der Waals surface area contributed by atoms with E-state index in [9.17, 15) is 9.59 Å². The van der Waals surface area contributed by atoms with E-state index < -0.39 is 5.97 Å². The second-order valence-corrected chi connectivity index (χ2v) is 4.09. The lowest BCUT2D eigenvalue weighted by Crippen LogP contribution is -2.46. The van der Waals surface area contributed by atoms with Crippen molar-refractivity contribution in [3.8, 4) is 0 Å². The Labute approximate surface area is 71.8 Å². The fraction of sp³-hybridized carbons (Fsp3) is 0.778. The molecule has 0 aromatic carbocycles. The van der Waals surface area contributed by atoms with Crippen LogP contribution < -0.4 is 0 Å². The van der Waals surface area contributed by atoms with Gasteiger partial charge in [0, 0.05) is 12.3 Å². The molecule has 0 radical (unpaired) electrons. The first-order valence-electron chi connectivity index (χ1n) is 4.15. The van der Waals surface area contributed by atoms with Gasteiger partial charge in [0.25, 0.3) is 0 Å². The van der Waals surface area contributed by atoms with Gasteiger partial charge in [0.15, 0.2) is 0 Å². The summed E-state index contributed by atoms with van der Waals surface area (Å²) in [6, 6.07) is 0. The summed E-state index contributed by atoms with van der Waals surface area (Å²) >= 11 is 0. The van der Waals surface area contributed by atoms with Crippen molar-refractivity contribution in [2.45, 2.75) is 26.7 Å². The van der Waals surface area contributed by atoms with Crippen molar-refractivity contribution in [2.75, 3.05) is 0 Å². The Kier molecular flexibility index (Phi) is 2.22. The van der Waals surface area contributed by atoms with Crippen LogP contribution in [0, 0.1) is 17.3 Å². The molecule has 1 aliphatic rings. The van der Waals surface area contributed by atoms with E-state index in [2.05, 4.69) is 0 Å². The van der Waals surface area contributed by atoms with Gasteiger partial charge in [-0.3, -0.25) is 4.79 Å². The van der Waals surface area contributed by atoms with Gasteiger partial charge in [0.05, 0.1) is 0 Å². The van der Waals surface area contributed by atoms with E-state index in [1.165, 1.54) is 0 Å². The van der Waals surface area contributed by atoms with Crippen LogP contribution in [-0.4, -0.2) is 17.4 Å². The average molecular weight is 170 g/mol. The number of aliphatic carboxylic acids is 1. The minimum atomic E-state index is -0.766. The number of carbonyl (C=O) groups is 2. The van der Waals surface area contributed by atoms with Crippen LogP contribution in [0.4, 0.5) is 0 Å². The third kappa shape index (κ3) is 1.36. The van der Waals surface area contributed by atoms with Gasteiger partial charge in [-0.2, -0.15) is 0 Å². The molecular formula is C9H14O3. The van der Waals surface area contributed by atoms with Gasteiger partial charge >= 0.3 is 5.97 Å². The Bertz CT molecular complexity index is 208. The summed E-state index contributed by atoms with van der Waals surface area (Å²) in [6.07, 6.45) is 1.87. The standard InChI is InChI=1S/C9H14O3/c1-9(2)6(4-8(11)12)3-7(9)5-10/h5-7H,3-4H2,1-2H3,(H,11,12). The zero-order valence-corrected chi connectivity index (χ0v) is 7.41. The summed E-state index contributed by atoms with van der Waals surface area (Å²) in [7, 11) is 0. The van der Waals surface area contributed by atoms with Crippen LogP contribution in [-0.2, 0) is 9.59 Å². The SMILES string of the molecule is CC1(C)C(C=O)CC1CC(=O)O. The third-order valence-electron chi connectivity index (χ3n) is 3.13. The Morgan fingerprint density at radius 2 is 2.25 bits per heavy atom. The Morgan fingerprint density at radius 3 is 2.58 bits per heavy atom. The Hall–Kier alpha value is -0.860. The molecule has 3 heteroatoms. The number of rotatable bonds is 3. The highest BCUT2D eigenvalue weighted by Gasteiger charge is 2.48. The van der Waals surface area contributed by atoms with Crippen molar-refractivity contribution in [2.24, 2.45) is 17.3 Å². The molecule has 0 amide bonds. The third-order valence-corrected chi connectivity index (χ3v) is 3.13. The van der Waals surface area contributed by atoms with Crippen LogP contribution in [0.2, 0.25) is 0 Å². The normalized spacial score (nSPS) is 32.2. The number of hydrogen-bond acceptors (Lipinski definition) is 2. The number of carboxylic acids is 1. The molecule has 1 saturated carbocycles. The summed E-state index contributed by atoms with van der Waals surface area (Å²) in [5.74, 6) is -0.538. The van der Waals surface area contributed by atoms with E-state index >= 15 is 0 Å². The van der Waals surface area contributed by atoms with Crippen molar-refractivity contribution < 1.29 is 14.7 Å². The van der Waals surface area contributed by atoms with Gasteiger partial charge in [-0.05, 0) is 17.8 Å². The van der Waals surface area contributed by atoms with E-state index in [0.717, 1.165) is 12.7 Å². The minimum absolute atomic E-state index is 0.0573. The lowest BCUT2D eigenvalue weighted by Gasteiger charge is -2.49. The van der Waals surface area contributed by atoms with Gasteiger partial charge in [0.2, 0.25) is 0 Å². The maximum absolute atomic E-state index is 10.5. The summed E-state index contributed by atoms with van der Waals surface area (Å²) in [6.45, 7) is 3.92. The lowest BCUT2D eigenvalue weighted by molar-refractivity contribution is -0.145. The van der Waals surface area contributed by atoms with E-state index in [0.29, 0.717) is 0 Å². The van der Waals surface area contributed by atoms with E-state index in [1.54, 1.807) is 0 Å².